The highest BCUT2D eigenvalue weighted by Gasteiger charge is 2.37. The van der Waals surface area contributed by atoms with E-state index in [9.17, 15) is 19.8 Å². The van der Waals surface area contributed by atoms with Crippen LogP contribution in [0.3, 0.4) is 0 Å². The van der Waals surface area contributed by atoms with Gasteiger partial charge >= 0.3 is 11.9 Å². The Morgan fingerprint density at radius 3 is 2.12 bits per heavy atom. The number of hydrogen-bond donors (Lipinski definition) is 3. The summed E-state index contributed by atoms with van der Waals surface area (Å²) in [7, 11) is 0. The summed E-state index contributed by atoms with van der Waals surface area (Å²) in [5.74, 6) is 1.57. The van der Waals surface area contributed by atoms with Crippen LogP contribution in [-0.4, -0.2) is 93.0 Å². The first-order valence-electron chi connectivity index (χ1n) is 7.78. The summed E-state index contributed by atoms with van der Waals surface area (Å²) in [4.78, 5) is 31.5. The van der Waals surface area contributed by atoms with Gasteiger partial charge in [-0.25, -0.2) is 14.6 Å². The van der Waals surface area contributed by atoms with Crippen LogP contribution in [0.1, 0.15) is 0 Å². The molecule has 0 bridgehead atoms. The van der Waals surface area contributed by atoms with Gasteiger partial charge in [-0.1, -0.05) is 0 Å². The topological polar surface area (TPSA) is 105 Å². The van der Waals surface area contributed by atoms with Gasteiger partial charge in [0, 0.05) is 49.2 Å². The lowest BCUT2D eigenvalue weighted by Gasteiger charge is -2.39. The van der Waals surface area contributed by atoms with Crippen LogP contribution < -0.4 is 5.32 Å². The Labute approximate surface area is 148 Å². The van der Waals surface area contributed by atoms with Crippen molar-refractivity contribution in [2.45, 2.75) is 6.17 Å². The van der Waals surface area contributed by atoms with E-state index in [1.807, 2.05) is 21.6 Å². The second kappa shape index (κ2) is 7.66. The molecule has 0 aromatic carbocycles. The average molecular weight is 372 g/mol. The minimum Gasteiger partial charge on any atom is -0.477 e. The first kappa shape index (κ1) is 17.4. The Morgan fingerprint density at radius 1 is 1.00 bits per heavy atom. The molecule has 0 aromatic rings. The van der Waals surface area contributed by atoms with Crippen molar-refractivity contribution >= 4 is 41.2 Å². The summed E-state index contributed by atoms with van der Waals surface area (Å²) < 4.78 is 0. The highest BCUT2D eigenvalue weighted by Crippen LogP contribution is 2.23. The van der Waals surface area contributed by atoms with Crippen molar-refractivity contribution < 1.29 is 19.8 Å². The fourth-order valence-electron chi connectivity index (χ4n) is 2.93. The number of nitrogens with one attached hydrogen (secondary N) is 1. The monoisotopic (exact) mass is 372 g/mol. The smallest absolute Gasteiger partial charge is 0.355 e. The standard InChI is InChI=1S/C14H20N4O4S2/c19-13(20)9-11(17-1-5-23-6-2-17)15-10(14(21)22)12(16-9)18-3-7-24-8-4-18/h11,15H,1-8H2,(H,19,20)(H,21,22). The third-order valence-electron chi connectivity index (χ3n) is 4.14. The van der Waals surface area contributed by atoms with Gasteiger partial charge in [0.05, 0.1) is 0 Å². The summed E-state index contributed by atoms with van der Waals surface area (Å²) in [6.45, 7) is 2.74. The minimum absolute atomic E-state index is 0.00451. The molecule has 132 valence electrons. The van der Waals surface area contributed by atoms with E-state index in [0.717, 1.165) is 23.0 Å². The Kier molecular flexibility index (Phi) is 5.57. The van der Waals surface area contributed by atoms with Crippen LogP contribution in [-0.2, 0) is 9.59 Å². The molecule has 10 heteroatoms. The molecule has 2 saturated heterocycles. The molecule has 0 spiro atoms. The number of carboxylic acids is 2. The first-order chi connectivity index (χ1) is 11.6. The van der Waals surface area contributed by atoms with Crippen molar-refractivity contribution in [3.63, 3.8) is 0 Å². The van der Waals surface area contributed by atoms with Gasteiger partial charge in [0.2, 0.25) is 0 Å². The first-order valence-corrected chi connectivity index (χ1v) is 10.1. The zero-order valence-corrected chi connectivity index (χ0v) is 14.7. The number of hydrogen-bond acceptors (Lipinski definition) is 8. The SMILES string of the molecule is O=C(O)C1=NC(N2CCSCC2)=C(C(=O)O)NC1N1CCSCC1. The van der Waals surface area contributed by atoms with E-state index in [0.29, 0.717) is 26.2 Å². The van der Waals surface area contributed by atoms with Gasteiger partial charge in [0.15, 0.2) is 17.2 Å². The normalized spacial score (nSPS) is 25.9. The zero-order valence-electron chi connectivity index (χ0n) is 13.1. The molecule has 0 aromatic heterocycles. The molecule has 0 aliphatic carbocycles. The summed E-state index contributed by atoms with van der Waals surface area (Å²) in [6.07, 6.45) is -0.697. The minimum atomic E-state index is -1.11. The average Bonchev–Trinajstić information content (AvgIpc) is 2.62. The van der Waals surface area contributed by atoms with Gasteiger partial charge in [-0.15, -0.1) is 0 Å². The molecule has 3 heterocycles. The van der Waals surface area contributed by atoms with Crippen molar-refractivity contribution in [1.29, 1.82) is 0 Å². The molecule has 3 aliphatic heterocycles. The summed E-state index contributed by atoms with van der Waals surface area (Å²) in [5, 5.41) is 22.1. The largest absolute Gasteiger partial charge is 0.477 e. The van der Waals surface area contributed by atoms with Crippen molar-refractivity contribution in [3.8, 4) is 0 Å². The Hall–Kier alpha value is -1.39. The maximum atomic E-state index is 11.7. The molecule has 8 nitrogen and oxygen atoms in total. The molecule has 24 heavy (non-hydrogen) atoms. The van der Waals surface area contributed by atoms with Gasteiger partial charge in [-0.2, -0.15) is 23.5 Å². The second-order valence-electron chi connectivity index (χ2n) is 5.60. The summed E-state index contributed by atoms with van der Waals surface area (Å²) >= 11 is 3.60. The summed E-state index contributed by atoms with van der Waals surface area (Å²) in [6, 6.07) is 0. The van der Waals surface area contributed by atoms with Crippen molar-refractivity contribution in [2.75, 3.05) is 49.2 Å². The second-order valence-corrected chi connectivity index (χ2v) is 8.05. The van der Waals surface area contributed by atoms with Crippen LogP contribution in [0.5, 0.6) is 0 Å². The van der Waals surface area contributed by atoms with Crippen molar-refractivity contribution in [1.82, 2.24) is 15.1 Å². The Balaban J connectivity index is 1.94. The van der Waals surface area contributed by atoms with Crippen molar-refractivity contribution in [3.05, 3.63) is 11.5 Å². The molecule has 3 N–H and O–H groups in total. The van der Waals surface area contributed by atoms with Crippen LogP contribution >= 0.6 is 23.5 Å². The van der Waals surface area contributed by atoms with E-state index in [1.54, 1.807) is 11.8 Å². The number of rotatable bonds is 4. The molecule has 0 saturated carbocycles. The number of thioether (sulfide) groups is 2. The molecule has 0 radical (unpaired) electrons. The lowest BCUT2D eigenvalue weighted by Crippen LogP contribution is -2.58. The van der Waals surface area contributed by atoms with E-state index in [1.165, 1.54) is 0 Å². The Morgan fingerprint density at radius 2 is 1.58 bits per heavy atom. The summed E-state index contributed by atoms with van der Waals surface area (Å²) in [5.41, 5.74) is -0.0322. The molecular weight excluding hydrogens is 352 g/mol. The highest BCUT2D eigenvalue weighted by molar-refractivity contribution is 7.99. The molecular formula is C14H20N4O4S2. The van der Waals surface area contributed by atoms with Gasteiger partial charge < -0.3 is 20.4 Å². The van der Waals surface area contributed by atoms with E-state index in [4.69, 9.17) is 0 Å². The fraction of sp³-hybridized carbons (Fsp3) is 0.643. The van der Waals surface area contributed by atoms with Crippen LogP contribution in [0, 0.1) is 0 Å². The Bertz CT molecular complexity index is 583. The third kappa shape index (κ3) is 3.65. The van der Waals surface area contributed by atoms with E-state index < -0.39 is 18.1 Å². The van der Waals surface area contributed by atoms with Crippen LogP contribution in [0.4, 0.5) is 0 Å². The molecule has 0 amide bonds. The predicted octanol–water partition coefficient (Wildman–Crippen LogP) is -0.207. The van der Waals surface area contributed by atoms with E-state index in [2.05, 4.69) is 10.3 Å². The van der Waals surface area contributed by atoms with Gasteiger partial charge in [0.25, 0.3) is 0 Å². The van der Waals surface area contributed by atoms with Gasteiger partial charge in [-0.3, -0.25) is 4.90 Å². The lowest BCUT2D eigenvalue weighted by molar-refractivity contribution is -0.134. The van der Waals surface area contributed by atoms with Crippen LogP contribution in [0.2, 0.25) is 0 Å². The maximum Gasteiger partial charge on any atom is 0.355 e. The predicted molar refractivity (Wildman–Crippen MR) is 94.5 cm³/mol. The van der Waals surface area contributed by atoms with E-state index >= 15 is 0 Å². The lowest BCUT2D eigenvalue weighted by atomic mass is 10.2. The third-order valence-corrected chi connectivity index (χ3v) is 6.03. The molecule has 2 fully saturated rings. The molecule has 1 unspecified atom stereocenters. The zero-order chi connectivity index (χ0) is 17.1. The number of carboxylic acid groups (broad SMARTS) is 2. The molecule has 1 atom stereocenters. The van der Waals surface area contributed by atoms with Gasteiger partial charge in [-0.05, 0) is 0 Å². The number of nitrogens with zero attached hydrogens (tertiary/aromatic N) is 3. The number of aliphatic carboxylic acids is 2. The highest BCUT2D eigenvalue weighted by atomic mass is 32.2. The van der Waals surface area contributed by atoms with Crippen molar-refractivity contribution in [2.24, 2.45) is 4.99 Å². The fourth-order valence-corrected chi connectivity index (χ4v) is 4.76. The van der Waals surface area contributed by atoms with Crippen LogP contribution in [0.15, 0.2) is 16.5 Å². The molecule has 3 rings (SSSR count). The number of aliphatic imine (C=N–C) groups is 1. The van der Waals surface area contributed by atoms with Gasteiger partial charge in [0.1, 0.15) is 6.17 Å². The maximum absolute atomic E-state index is 11.7. The van der Waals surface area contributed by atoms with Crippen LogP contribution in [0.25, 0.3) is 0 Å². The quantitative estimate of drug-likeness (QED) is 0.618. The van der Waals surface area contributed by atoms with E-state index in [-0.39, 0.29) is 17.2 Å². The molecule has 3 aliphatic rings. The number of carbonyl (C=O) groups is 2.